The fourth-order valence-corrected chi connectivity index (χ4v) is 1.74. The average Bonchev–Trinajstić information content (AvgIpc) is 2.37. The number of rotatable bonds is 6. The van der Waals surface area contributed by atoms with Crippen molar-refractivity contribution in [1.29, 1.82) is 0 Å². The van der Waals surface area contributed by atoms with Crippen LogP contribution in [0, 0.1) is 5.41 Å². The smallest absolute Gasteiger partial charge is 0.253 e. The van der Waals surface area contributed by atoms with Gasteiger partial charge < -0.3 is 15.8 Å². The minimum Gasteiger partial charge on any atom is -0.389 e. The van der Waals surface area contributed by atoms with E-state index in [0.29, 0.717) is 17.3 Å². The highest BCUT2D eigenvalue weighted by Crippen LogP contribution is 2.18. The molecule has 1 unspecified atom stereocenters. The average molecular weight is 308 g/mol. The van der Waals surface area contributed by atoms with Crippen molar-refractivity contribution in [3.05, 3.63) is 29.8 Å². The third kappa shape index (κ3) is 6.69. The fourth-order valence-electron chi connectivity index (χ4n) is 1.61. The van der Waals surface area contributed by atoms with Crippen LogP contribution < -0.4 is 11.1 Å². The van der Waals surface area contributed by atoms with Crippen LogP contribution in [0.2, 0.25) is 0 Å². The number of carbonyl (C=O) groups is 1. The number of ether oxygens (including phenoxy) is 1. The van der Waals surface area contributed by atoms with Crippen LogP contribution in [0.1, 0.15) is 39.7 Å². The van der Waals surface area contributed by atoms with E-state index in [1.807, 2.05) is 0 Å². The van der Waals surface area contributed by atoms with Crippen LogP contribution >= 0.6 is 12.2 Å². The molecule has 0 saturated heterocycles. The van der Waals surface area contributed by atoms with Crippen molar-refractivity contribution in [3.8, 4) is 0 Å². The molecule has 0 spiro atoms. The van der Waals surface area contributed by atoms with Crippen molar-refractivity contribution in [2.24, 2.45) is 11.1 Å². The number of nitrogens with two attached hydrogens (primary N) is 1. The van der Waals surface area contributed by atoms with Crippen LogP contribution in [-0.4, -0.2) is 23.6 Å². The van der Waals surface area contributed by atoms with Gasteiger partial charge in [0.2, 0.25) is 0 Å². The fraction of sp³-hybridized carbons (Fsp3) is 0.500. The molecule has 0 aliphatic heterocycles. The molecule has 0 heterocycles. The second kappa shape index (κ2) is 7.52. The molecule has 1 aromatic carbocycles. The minimum atomic E-state index is -0.499. The molecule has 1 atom stereocenters. The second-order valence-corrected chi connectivity index (χ2v) is 6.70. The lowest BCUT2D eigenvalue weighted by Gasteiger charge is -2.20. The number of hydrogen-bond acceptors (Lipinski definition) is 3. The van der Waals surface area contributed by atoms with Gasteiger partial charge in [-0.3, -0.25) is 4.79 Å². The van der Waals surface area contributed by atoms with Crippen molar-refractivity contribution in [2.45, 2.75) is 40.2 Å². The Labute approximate surface area is 132 Å². The third-order valence-electron chi connectivity index (χ3n) is 3.00. The highest BCUT2D eigenvalue weighted by molar-refractivity contribution is 7.80. The van der Waals surface area contributed by atoms with Gasteiger partial charge in [0.1, 0.15) is 11.1 Å². The molecule has 0 radical (unpaired) electrons. The van der Waals surface area contributed by atoms with Gasteiger partial charge in [-0.1, -0.05) is 45.1 Å². The Morgan fingerprint density at radius 1 is 1.43 bits per heavy atom. The molecule has 21 heavy (non-hydrogen) atoms. The zero-order chi connectivity index (χ0) is 16.0. The van der Waals surface area contributed by atoms with Gasteiger partial charge in [0.05, 0.1) is 0 Å². The molecule has 0 aliphatic rings. The summed E-state index contributed by atoms with van der Waals surface area (Å²) in [4.78, 5) is 12.4. The Hall–Kier alpha value is -1.46. The summed E-state index contributed by atoms with van der Waals surface area (Å²) in [5.41, 5.74) is 7.16. The Morgan fingerprint density at radius 3 is 2.67 bits per heavy atom. The molecule has 4 nitrogen and oxygen atoms in total. The first-order valence-electron chi connectivity index (χ1n) is 7.01. The first-order chi connectivity index (χ1) is 9.69. The first-order valence-corrected chi connectivity index (χ1v) is 7.42. The van der Waals surface area contributed by atoms with Crippen LogP contribution in [0.4, 0.5) is 5.69 Å². The van der Waals surface area contributed by atoms with Crippen molar-refractivity contribution in [3.63, 3.8) is 0 Å². The van der Waals surface area contributed by atoms with Crippen LogP contribution in [0.3, 0.4) is 0 Å². The molecule has 0 fully saturated rings. The summed E-state index contributed by atoms with van der Waals surface area (Å²) in [5.74, 6) is -0.177. The highest BCUT2D eigenvalue weighted by Gasteiger charge is 2.16. The predicted octanol–water partition coefficient (Wildman–Crippen LogP) is 3.10. The van der Waals surface area contributed by atoms with E-state index in [1.54, 1.807) is 31.2 Å². The van der Waals surface area contributed by atoms with Gasteiger partial charge in [0, 0.05) is 17.9 Å². The quantitative estimate of drug-likeness (QED) is 0.793. The van der Waals surface area contributed by atoms with Crippen molar-refractivity contribution in [2.75, 3.05) is 11.9 Å². The van der Waals surface area contributed by atoms with Gasteiger partial charge in [0.15, 0.2) is 0 Å². The molecular formula is C16H24N2O2S. The maximum atomic E-state index is 12.0. The Bertz CT molecular complexity index is 509. The van der Waals surface area contributed by atoms with Crippen LogP contribution in [-0.2, 0) is 9.53 Å². The molecule has 1 rings (SSSR count). The first kappa shape index (κ1) is 17.6. The van der Waals surface area contributed by atoms with Crippen LogP contribution in [0.25, 0.3) is 0 Å². The lowest BCUT2D eigenvalue weighted by molar-refractivity contribution is -0.126. The van der Waals surface area contributed by atoms with E-state index in [1.165, 1.54) is 0 Å². The summed E-state index contributed by atoms with van der Waals surface area (Å²) < 4.78 is 5.57. The summed E-state index contributed by atoms with van der Waals surface area (Å²) in [6, 6.07) is 7.15. The number of nitrogens with one attached hydrogen (secondary N) is 1. The predicted molar refractivity (Wildman–Crippen MR) is 90.4 cm³/mol. The lowest BCUT2D eigenvalue weighted by Crippen LogP contribution is -2.29. The maximum Gasteiger partial charge on any atom is 0.253 e. The molecule has 5 heteroatoms. The van der Waals surface area contributed by atoms with Gasteiger partial charge in [-0.25, -0.2) is 0 Å². The topological polar surface area (TPSA) is 64.3 Å². The molecular weight excluding hydrogens is 284 g/mol. The van der Waals surface area contributed by atoms with Crippen LogP contribution in [0.15, 0.2) is 24.3 Å². The standard InChI is InChI=1S/C16H24N2O2S/c1-11(20-9-8-16(2,3)4)15(19)18-13-7-5-6-12(10-13)14(17)21/h5-7,10-11H,8-9H2,1-4H3,(H2,17,21)(H,18,19). The SMILES string of the molecule is CC(OCCC(C)(C)C)C(=O)Nc1cccc(C(N)=S)c1. The van der Waals surface area contributed by atoms with E-state index in [9.17, 15) is 4.79 Å². The molecule has 0 saturated carbocycles. The summed E-state index contributed by atoms with van der Waals surface area (Å²) in [5, 5.41) is 2.81. The molecule has 3 N–H and O–H groups in total. The van der Waals surface area contributed by atoms with E-state index < -0.39 is 6.10 Å². The normalized spacial score (nSPS) is 12.8. The number of thiocarbonyl (C=S) groups is 1. The van der Waals surface area contributed by atoms with Gasteiger partial charge in [0.25, 0.3) is 5.91 Å². The molecule has 1 amide bonds. The van der Waals surface area contributed by atoms with Crippen molar-refractivity contribution in [1.82, 2.24) is 0 Å². The number of anilines is 1. The van der Waals surface area contributed by atoms with Gasteiger partial charge >= 0.3 is 0 Å². The van der Waals surface area contributed by atoms with E-state index in [-0.39, 0.29) is 11.3 Å². The van der Waals surface area contributed by atoms with Crippen LogP contribution in [0.5, 0.6) is 0 Å². The summed E-state index contributed by atoms with van der Waals surface area (Å²) in [6.07, 6.45) is 0.405. The Kier molecular flexibility index (Phi) is 6.30. The van der Waals surface area contributed by atoms with E-state index in [0.717, 1.165) is 12.0 Å². The molecule has 0 aromatic heterocycles. The monoisotopic (exact) mass is 308 g/mol. The molecule has 116 valence electrons. The molecule has 0 bridgehead atoms. The number of amides is 1. The Balaban J connectivity index is 2.52. The Morgan fingerprint density at radius 2 is 2.10 bits per heavy atom. The zero-order valence-corrected chi connectivity index (χ0v) is 13.9. The summed E-state index contributed by atoms with van der Waals surface area (Å²) in [6.45, 7) is 8.73. The zero-order valence-electron chi connectivity index (χ0n) is 13.1. The largest absolute Gasteiger partial charge is 0.389 e. The van der Waals surface area contributed by atoms with E-state index in [2.05, 4.69) is 26.1 Å². The number of benzene rings is 1. The maximum absolute atomic E-state index is 12.0. The third-order valence-corrected chi connectivity index (χ3v) is 3.24. The summed E-state index contributed by atoms with van der Waals surface area (Å²) >= 11 is 4.92. The number of carbonyl (C=O) groups excluding carboxylic acids is 1. The lowest BCUT2D eigenvalue weighted by atomic mass is 9.93. The second-order valence-electron chi connectivity index (χ2n) is 6.26. The minimum absolute atomic E-state index is 0.177. The van der Waals surface area contributed by atoms with Crippen molar-refractivity contribution >= 4 is 28.8 Å². The van der Waals surface area contributed by atoms with Crippen molar-refractivity contribution < 1.29 is 9.53 Å². The summed E-state index contributed by atoms with van der Waals surface area (Å²) in [7, 11) is 0. The van der Waals surface area contributed by atoms with E-state index in [4.69, 9.17) is 22.7 Å². The van der Waals surface area contributed by atoms with E-state index >= 15 is 0 Å². The number of hydrogen-bond donors (Lipinski definition) is 2. The molecule has 0 aliphatic carbocycles. The van der Waals surface area contributed by atoms with Gasteiger partial charge in [-0.05, 0) is 30.9 Å². The molecule has 1 aromatic rings. The van der Waals surface area contributed by atoms with Gasteiger partial charge in [-0.2, -0.15) is 0 Å². The van der Waals surface area contributed by atoms with Gasteiger partial charge in [-0.15, -0.1) is 0 Å². The highest BCUT2D eigenvalue weighted by atomic mass is 32.1.